The van der Waals surface area contributed by atoms with Gasteiger partial charge >= 0.3 is 0 Å². The fraction of sp³-hybridized carbons (Fsp3) is 0.647. The Bertz CT molecular complexity index is 439. The Morgan fingerprint density at radius 2 is 2.11 bits per heavy atom. The van der Waals surface area contributed by atoms with Crippen molar-refractivity contribution in [3.8, 4) is 0 Å². The third-order valence-electron chi connectivity index (χ3n) is 4.68. The molecule has 1 aromatic rings. The van der Waals surface area contributed by atoms with E-state index in [2.05, 4.69) is 46.4 Å². The Morgan fingerprint density at radius 1 is 1.26 bits per heavy atom. The minimum Gasteiger partial charge on any atom is -0.311 e. The summed E-state index contributed by atoms with van der Waals surface area (Å²) in [7, 11) is 0. The van der Waals surface area contributed by atoms with E-state index in [4.69, 9.17) is 0 Å². The van der Waals surface area contributed by atoms with Crippen molar-refractivity contribution in [2.75, 3.05) is 0 Å². The summed E-state index contributed by atoms with van der Waals surface area (Å²) in [6, 6.07) is 8.22. The van der Waals surface area contributed by atoms with Gasteiger partial charge in [0, 0.05) is 16.6 Å². The van der Waals surface area contributed by atoms with Crippen LogP contribution in [0.25, 0.3) is 0 Å². The average molecular weight is 322 g/mol. The van der Waals surface area contributed by atoms with Crippen molar-refractivity contribution in [2.24, 2.45) is 5.92 Å². The molecular formula is C17H24BrN. The Morgan fingerprint density at radius 3 is 2.84 bits per heavy atom. The van der Waals surface area contributed by atoms with Gasteiger partial charge in [-0.1, -0.05) is 41.8 Å². The molecule has 2 atom stereocenters. The van der Waals surface area contributed by atoms with Gasteiger partial charge in [0.05, 0.1) is 0 Å². The minimum atomic E-state index is 0.692. The molecule has 2 heteroatoms. The van der Waals surface area contributed by atoms with Crippen LogP contribution in [0, 0.1) is 5.92 Å². The molecule has 1 aromatic carbocycles. The summed E-state index contributed by atoms with van der Waals surface area (Å²) in [5.41, 5.74) is 3.09. The molecule has 0 radical (unpaired) electrons. The maximum absolute atomic E-state index is 3.92. The number of rotatable bonds is 5. The molecule has 0 aromatic heterocycles. The van der Waals surface area contributed by atoms with Gasteiger partial charge in [0.15, 0.2) is 0 Å². The van der Waals surface area contributed by atoms with Gasteiger partial charge in [-0.3, -0.25) is 0 Å². The Balaban J connectivity index is 1.59. The van der Waals surface area contributed by atoms with Crippen LogP contribution in [-0.2, 0) is 12.8 Å². The molecule has 104 valence electrons. The van der Waals surface area contributed by atoms with E-state index in [1.807, 2.05) is 0 Å². The van der Waals surface area contributed by atoms with Crippen LogP contribution in [0.5, 0.6) is 0 Å². The average Bonchev–Trinajstić information content (AvgIpc) is 3.22. The van der Waals surface area contributed by atoms with Gasteiger partial charge in [-0.2, -0.15) is 0 Å². The van der Waals surface area contributed by atoms with Crippen molar-refractivity contribution >= 4 is 15.9 Å². The molecule has 2 aliphatic rings. The molecule has 2 aliphatic carbocycles. The smallest absolute Gasteiger partial charge is 0.0178 e. The van der Waals surface area contributed by atoms with Crippen LogP contribution in [0.1, 0.15) is 50.2 Å². The van der Waals surface area contributed by atoms with Crippen LogP contribution < -0.4 is 5.32 Å². The van der Waals surface area contributed by atoms with Crippen molar-refractivity contribution < 1.29 is 0 Å². The monoisotopic (exact) mass is 321 g/mol. The second-order valence-electron chi connectivity index (χ2n) is 6.30. The van der Waals surface area contributed by atoms with Crippen molar-refractivity contribution in [1.82, 2.24) is 5.32 Å². The van der Waals surface area contributed by atoms with Crippen LogP contribution in [0.2, 0.25) is 0 Å². The zero-order chi connectivity index (χ0) is 13.2. The standard InChI is InChI=1S/C17H24BrN/c1-2-16(9-12-3-4-12)19-17-8-6-13-10-15(18)7-5-14(13)11-17/h5,7,10,12,16-17,19H,2-4,6,8-9,11H2,1H3. The molecule has 1 nitrogen and oxygen atoms in total. The molecule has 1 fully saturated rings. The zero-order valence-corrected chi connectivity index (χ0v) is 13.4. The number of hydrogen-bond acceptors (Lipinski definition) is 1. The van der Waals surface area contributed by atoms with Crippen LogP contribution >= 0.6 is 15.9 Å². The number of benzene rings is 1. The normalized spacial score (nSPS) is 24.0. The van der Waals surface area contributed by atoms with Gasteiger partial charge in [0.25, 0.3) is 0 Å². The van der Waals surface area contributed by atoms with E-state index >= 15 is 0 Å². The van der Waals surface area contributed by atoms with Crippen LogP contribution in [-0.4, -0.2) is 12.1 Å². The third-order valence-corrected chi connectivity index (χ3v) is 5.17. The molecule has 3 rings (SSSR count). The fourth-order valence-corrected chi connectivity index (χ4v) is 3.72. The van der Waals surface area contributed by atoms with Crippen LogP contribution in [0.3, 0.4) is 0 Å². The maximum atomic E-state index is 3.92. The molecule has 19 heavy (non-hydrogen) atoms. The molecule has 0 heterocycles. The summed E-state index contributed by atoms with van der Waals surface area (Å²) in [4.78, 5) is 0. The first-order valence-corrected chi connectivity index (χ1v) is 8.57. The second kappa shape index (κ2) is 5.97. The maximum Gasteiger partial charge on any atom is 0.0178 e. The lowest BCUT2D eigenvalue weighted by Crippen LogP contribution is -2.41. The Hall–Kier alpha value is -0.340. The van der Waals surface area contributed by atoms with Crippen molar-refractivity contribution in [3.63, 3.8) is 0 Å². The predicted molar refractivity (Wildman–Crippen MR) is 84.5 cm³/mol. The highest BCUT2D eigenvalue weighted by molar-refractivity contribution is 9.10. The summed E-state index contributed by atoms with van der Waals surface area (Å²) < 4.78 is 1.22. The lowest BCUT2D eigenvalue weighted by molar-refractivity contribution is 0.360. The quantitative estimate of drug-likeness (QED) is 0.843. The second-order valence-corrected chi connectivity index (χ2v) is 7.22. The van der Waals surface area contributed by atoms with Crippen molar-refractivity contribution in [3.05, 3.63) is 33.8 Å². The number of halogens is 1. The zero-order valence-electron chi connectivity index (χ0n) is 11.8. The van der Waals surface area contributed by atoms with Gasteiger partial charge in [-0.05, 0) is 61.3 Å². The van der Waals surface area contributed by atoms with Gasteiger partial charge in [0.2, 0.25) is 0 Å². The lowest BCUT2D eigenvalue weighted by Gasteiger charge is -2.29. The molecule has 2 unspecified atom stereocenters. The Labute approximate surface area is 125 Å². The number of nitrogens with one attached hydrogen (secondary N) is 1. The van der Waals surface area contributed by atoms with Crippen LogP contribution in [0.4, 0.5) is 0 Å². The molecule has 1 saturated carbocycles. The summed E-state index contributed by atoms with van der Waals surface area (Å²) >= 11 is 3.58. The molecule has 0 saturated heterocycles. The first-order chi connectivity index (χ1) is 9.24. The summed E-state index contributed by atoms with van der Waals surface area (Å²) in [5, 5.41) is 3.92. The SMILES string of the molecule is CCC(CC1CC1)NC1CCc2cc(Br)ccc2C1. The van der Waals surface area contributed by atoms with Gasteiger partial charge < -0.3 is 5.32 Å². The third kappa shape index (κ3) is 3.61. The van der Waals surface area contributed by atoms with Gasteiger partial charge in [-0.25, -0.2) is 0 Å². The van der Waals surface area contributed by atoms with E-state index in [-0.39, 0.29) is 0 Å². The lowest BCUT2D eigenvalue weighted by atomic mass is 9.87. The summed E-state index contributed by atoms with van der Waals surface area (Å²) in [6.45, 7) is 2.33. The fourth-order valence-electron chi connectivity index (χ4n) is 3.31. The number of fused-ring (bicyclic) bond motifs is 1. The summed E-state index contributed by atoms with van der Waals surface area (Å²) in [5.74, 6) is 1.03. The molecule has 0 aliphatic heterocycles. The van der Waals surface area contributed by atoms with Crippen LogP contribution in [0.15, 0.2) is 22.7 Å². The summed E-state index contributed by atoms with van der Waals surface area (Å²) in [6.07, 6.45) is 9.36. The molecule has 0 bridgehead atoms. The number of hydrogen-bond donors (Lipinski definition) is 1. The number of aryl methyl sites for hydroxylation is 1. The van der Waals surface area contributed by atoms with E-state index in [0.717, 1.165) is 12.0 Å². The minimum absolute atomic E-state index is 0.692. The topological polar surface area (TPSA) is 12.0 Å². The van der Waals surface area contributed by atoms with Crippen molar-refractivity contribution in [1.29, 1.82) is 0 Å². The highest BCUT2D eigenvalue weighted by Gasteiger charge is 2.27. The van der Waals surface area contributed by atoms with Gasteiger partial charge in [0.1, 0.15) is 0 Å². The van der Waals surface area contributed by atoms with E-state index in [1.54, 1.807) is 11.1 Å². The predicted octanol–water partition coefficient (Wildman–Crippen LogP) is 4.47. The first-order valence-electron chi connectivity index (χ1n) is 7.78. The van der Waals surface area contributed by atoms with E-state index in [1.165, 1.54) is 49.4 Å². The van der Waals surface area contributed by atoms with E-state index in [9.17, 15) is 0 Å². The van der Waals surface area contributed by atoms with Gasteiger partial charge in [-0.15, -0.1) is 0 Å². The van der Waals surface area contributed by atoms with Crippen molar-refractivity contribution in [2.45, 2.75) is 64.0 Å². The molecular weight excluding hydrogens is 298 g/mol. The molecule has 0 amide bonds. The van der Waals surface area contributed by atoms with E-state index < -0.39 is 0 Å². The molecule has 1 N–H and O–H groups in total. The first kappa shape index (κ1) is 13.6. The largest absolute Gasteiger partial charge is 0.311 e. The molecule has 0 spiro atoms. The van der Waals surface area contributed by atoms with E-state index in [0.29, 0.717) is 6.04 Å². The Kier molecular flexibility index (Phi) is 4.28. The highest BCUT2D eigenvalue weighted by atomic mass is 79.9. The highest BCUT2D eigenvalue weighted by Crippen LogP contribution is 2.34.